The van der Waals surface area contributed by atoms with Gasteiger partial charge in [-0.15, -0.1) is 0 Å². The number of carbonyl (C=O) groups is 2. The number of nitrogens with zero attached hydrogens (tertiary/aromatic N) is 2. The fourth-order valence-corrected chi connectivity index (χ4v) is 3.67. The molecule has 0 aliphatic carbocycles. The van der Waals surface area contributed by atoms with Crippen molar-refractivity contribution in [3.63, 3.8) is 0 Å². The van der Waals surface area contributed by atoms with Crippen LogP contribution in [0.2, 0.25) is 0 Å². The number of fused-ring (bicyclic) bond motifs is 1. The number of para-hydroxylation sites is 2. The van der Waals surface area contributed by atoms with E-state index in [0.717, 1.165) is 17.9 Å². The Hall–Kier alpha value is -3.02. The molecule has 0 N–H and O–H groups in total. The minimum Gasteiger partial charge on any atom is -0.486 e. The monoisotopic (exact) mass is 380 g/mol. The lowest BCUT2D eigenvalue weighted by Gasteiger charge is -2.31. The van der Waals surface area contributed by atoms with Gasteiger partial charge < -0.3 is 19.3 Å². The van der Waals surface area contributed by atoms with Crippen molar-refractivity contribution in [3.05, 3.63) is 54.1 Å². The fraction of sp³-hybridized carbons (Fsp3) is 0.364. The maximum atomic E-state index is 13.1. The lowest BCUT2D eigenvalue weighted by Crippen LogP contribution is -2.43. The molecule has 0 spiro atoms. The number of hydrogen-bond donors (Lipinski definition) is 0. The molecule has 28 heavy (non-hydrogen) atoms. The van der Waals surface area contributed by atoms with E-state index in [1.165, 1.54) is 0 Å². The summed E-state index contributed by atoms with van der Waals surface area (Å²) in [6, 6.07) is 14.9. The van der Waals surface area contributed by atoms with Crippen molar-refractivity contribution in [2.24, 2.45) is 0 Å². The third-order valence-electron chi connectivity index (χ3n) is 5.14. The molecule has 4 rings (SSSR count). The van der Waals surface area contributed by atoms with Gasteiger partial charge in [0.1, 0.15) is 6.61 Å². The number of rotatable bonds is 5. The van der Waals surface area contributed by atoms with E-state index >= 15 is 0 Å². The summed E-state index contributed by atoms with van der Waals surface area (Å²) in [7, 11) is 0. The summed E-state index contributed by atoms with van der Waals surface area (Å²) in [6.07, 6.45) is 1.21. The number of benzene rings is 2. The Morgan fingerprint density at radius 2 is 2.00 bits per heavy atom. The molecule has 0 saturated carbocycles. The van der Waals surface area contributed by atoms with Crippen molar-refractivity contribution < 1.29 is 19.1 Å². The Morgan fingerprint density at radius 1 is 1.18 bits per heavy atom. The van der Waals surface area contributed by atoms with Gasteiger partial charge in [-0.25, -0.2) is 0 Å². The molecular weight excluding hydrogens is 356 g/mol. The highest BCUT2D eigenvalue weighted by Gasteiger charge is 2.26. The van der Waals surface area contributed by atoms with E-state index < -0.39 is 0 Å². The van der Waals surface area contributed by atoms with Crippen LogP contribution in [0.5, 0.6) is 11.5 Å². The van der Waals surface area contributed by atoms with E-state index in [1.54, 1.807) is 15.9 Å². The zero-order chi connectivity index (χ0) is 19.5. The molecule has 0 radical (unpaired) electrons. The zero-order valence-electron chi connectivity index (χ0n) is 16.0. The molecule has 2 aromatic rings. The molecule has 6 heteroatoms. The molecule has 146 valence electrons. The minimum atomic E-state index is -0.220. The van der Waals surface area contributed by atoms with Gasteiger partial charge in [0.25, 0.3) is 5.91 Å². The van der Waals surface area contributed by atoms with Crippen LogP contribution in [-0.4, -0.2) is 49.1 Å². The second kappa shape index (κ2) is 7.92. The van der Waals surface area contributed by atoms with Gasteiger partial charge in [0.2, 0.25) is 5.91 Å². The van der Waals surface area contributed by atoms with Gasteiger partial charge in [0, 0.05) is 30.8 Å². The number of hydrogen-bond acceptors (Lipinski definition) is 4. The van der Waals surface area contributed by atoms with Crippen LogP contribution >= 0.6 is 0 Å². The van der Waals surface area contributed by atoms with E-state index in [-0.39, 0.29) is 17.9 Å². The summed E-state index contributed by atoms with van der Waals surface area (Å²) < 4.78 is 11.8. The lowest BCUT2D eigenvalue weighted by molar-refractivity contribution is -0.117. The predicted octanol–water partition coefficient (Wildman–Crippen LogP) is 3.12. The molecule has 1 fully saturated rings. The molecule has 6 nitrogen and oxygen atoms in total. The molecule has 1 unspecified atom stereocenters. The number of ether oxygens (including phenoxy) is 2. The van der Waals surface area contributed by atoms with Gasteiger partial charge in [-0.05, 0) is 43.7 Å². The number of carbonyl (C=O) groups excluding carboxylic acids is 2. The Kier molecular flexibility index (Phi) is 5.19. The van der Waals surface area contributed by atoms with Crippen LogP contribution in [0.4, 0.5) is 5.69 Å². The first kappa shape index (κ1) is 18.3. The first-order valence-electron chi connectivity index (χ1n) is 9.74. The molecule has 1 atom stereocenters. The van der Waals surface area contributed by atoms with Crippen LogP contribution in [0.25, 0.3) is 0 Å². The van der Waals surface area contributed by atoms with Crippen molar-refractivity contribution in [2.45, 2.75) is 25.9 Å². The summed E-state index contributed by atoms with van der Waals surface area (Å²) in [5.74, 6) is 1.48. The first-order chi connectivity index (χ1) is 13.7. The van der Waals surface area contributed by atoms with Crippen LogP contribution < -0.4 is 14.4 Å². The van der Waals surface area contributed by atoms with Gasteiger partial charge in [0.05, 0.1) is 6.54 Å². The van der Waals surface area contributed by atoms with Crippen molar-refractivity contribution in [1.29, 1.82) is 0 Å². The minimum absolute atomic E-state index is 0.0709. The topological polar surface area (TPSA) is 59.1 Å². The van der Waals surface area contributed by atoms with Crippen molar-refractivity contribution >= 4 is 17.5 Å². The molecule has 1 saturated heterocycles. The van der Waals surface area contributed by atoms with Gasteiger partial charge in [0.15, 0.2) is 17.6 Å². The second-order valence-corrected chi connectivity index (χ2v) is 7.04. The van der Waals surface area contributed by atoms with E-state index in [9.17, 15) is 9.59 Å². The highest BCUT2D eigenvalue weighted by Crippen LogP contribution is 2.31. The maximum Gasteiger partial charge on any atom is 0.254 e. The van der Waals surface area contributed by atoms with Gasteiger partial charge >= 0.3 is 0 Å². The number of amides is 2. The van der Waals surface area contributed by atoms with E-state index in [1.807, 2.05) is 49.4 Å². The van der Waals surface area contributed by atoms with Crippen LogP contribution in [0, 0.1) is 0 Å². The van der Waals surface area contributed by atoms with Gasteiger partial charge in [-0.1, -0.05) is 18.2 Å². The molecule has 2 aliphatic rings. The fourth-order valence-electron chi connectivity index (χ4n) is 3.67. The van der Waals surface area contributed by atoms with Crippen LogP contribution in [0.3, 0.4) is 0 Å². The molecule has 0 bridgehead atoms. The summed E-state index contributed by atoms with van der Waals surface area (Å²) in [4.78, 5) is 28.6. The molecule has 2 aliphatic heterocycles. The maximum absolute atomic E-state index is 13.1. The van der Waals surface area contributed by atoms with Crippen molar-refractivity contribution in [3.8, 4) is 11.5 Å². The zero-order valence-corrected chi connectivity index (χ0v) is 16.0. The third kappa shape index (κ3) is 3.67. The Morgan fingerprint density at radius 3 is 2.75 bits per heavy atom. The second-order valence-electron chi connectivity index (χ2n) is 7.04. The predicted molar refractivity (Wildman–Crippen MR) is 106 cm³/mol. The normalized spacial score (nSPS) is 18.2. The summed E-state index contributed by atoms with van der Waals surface area (Å²) in [5, 5.41) is 0. The van der Waals surface area contributed by atoms with Crippen LogP contribution in [0.1, 0.15) is 30.1 Å². The van der Waals surface area contributed by atoms with Crippen molar-refractivity contribution in [2.75, 3.05) is 31.1 Å². The lowest BCUT2D eigenvalue weighted by atomic mass is 10.1. The Balaban J connectivity index is 1.46. The Bertz CT molecular complexity index is 882. The highest BCUT2D eigenvalue weighted by atomic mass is 16.6. The van der Waals surface area contributed by atoms with Crippen molar-refractivity contribution in [1.82, 2.24) is 4.90 Å². The molecule has 0 aromatic heterocycles. The Labute approximate surface area is 164 Å². The standard InChI is InChI=1S/C22H24N2O4/c1-2-23(14-18-15-27-19-9-3-4-10-20(19)28-18)22(26)16-7-5-8-17(13-16)24-12-6-11-21(24)25/h3-5,7-10,13,18H,2,6,11-12,14-15H2,1H3. The average molecular weight is 380 g/mol. The smallest absolute Gasteiger partial charge is 0.254 e. The number of anilines is 1. The van der Waals surface area contributed by atoms with Crippen LogP contribution in [0.15, 0.2) is 48.5 Å². The first-order valence-corrected chi connectivity index (χ1v) is 9.74. The van der Waals surface area contributed by atoms with E-state index in [2.05, 4.69) is 0 Å². The van der Waals surface area contributed by atoms with E-state index in [0.29, 0.717) is 44.0 Å². The highest BCUT2D eigenvalue weighted by molar-refractivity contribution is 5.99. The molecule has 2 heterocycles. The summed E-state index contributed by atoms with van der Waals surface area (Å²) in [5.41, 5.74) is 1.37. The third-order valence-corrected chi connectivity index (χ3v) is 5.14. The van der Waals surface area contributed by atoms with Gasteiger partial charge in [-0.3, -0.25) is 9.59 Å². The molecule has 2 amide bonds. The quantitative estimate of drug-likeness (QED) is 0.800. The SMILES string of the molecule is CCN(CC1COc2ccccc2O1)C(=O)c1cccc(N2CCCC2=O)c1. The van der Waals surface area contributed by atoms with Gasteiger partial charge in [-0.2, -0.15) is 0 Å². The van der Waals surface area contributed by atoms with Crippen LogP contribution in [-0.2, 0) is 4.79 Å². The largest absolute Gasteiger partial charge is 0.486 e. The summed E-state index contributed by atoms with van der Waals surface area (Å²) >= 11 is 0. The number of likely N-dealkylation sites (N-methyl/N-ethyl adjacent to an activating group) is 1. The average Bonchev–Trinajstić information content (AvgIpc) is 3.17. The molecular formula is C22H24N2O4. The molecule has 2 aromatic carbocycles. The van der Waals surface area contributed by atoms with E-state index in [4.69, 9.17) is 9.47 Å². The summed E-state index contributed by atoms with van der Waals surface area (Å²) in [6.45, 7) is 4.07.